The van der Waals surface area contributed by atoms with Gasteiger partial charge in [-0.25, -0.2) is 9.18 Å². The van der Waals surface area contributed by atoms with Crippen molar-refractivity contribution in [2.45, 2.75) is 6.54 Å². The average Bonchev–Trinajstić information content (AvgIpc) is 2.48. The smallest absolute Gasteiger partial charge is 0.339 e. The van der Waals surface area contributed by atoms with Crippen LogP contribution in [-0.4, -0.2) is 22.1 Å². The molecule has 0 aliphatic carbocycles. The largest absolute Gasteiger partial charge is 0.506 e. The van der Waals surface area contributed by atoms with Crippen LogP contribution in [0, 0.1) is 5.82 Å². The molecule has 22 heavy (non-hydrogen) atoms. The van der Waals surface area contributed by atoms with Crippen molar-refractivity contribution in [1.82, 2.24) is 5.32 Å². The minimum atomic E-state index is -1.35. The predicted octanol–water partition coefficient (Wildman–Crippen LogP) is 2.81. The summed E-state index contributed by atoms with van der Waals surface area (Å²) in [4.78, 5) is 22.9. The second-order valence-corrected chi connectivity index (χ2v) is 4.78. The third-order valence-electron chi connectivity index (χ3n) is 2.98. The number of carboxylic acids is 1. The maximum atomic E-state index is 13.3. The van der Waals surface area contributed by atoms with E-state index in [0.717, 1.165) is 0 Å². The first-order valence-electron chi connectivity index (χ1n) is 6.18. The van der Waals surface area contributed by atoms with Crippen molar-refractivity contribution in [3.63, 3.8) is 0 Å². The number of rotatable bonds is 4. The highest BCUT2D eigenvalue weighted by Crippen LogP contribution is 2.23. The van der Waals surface area contributed by atoms with Crippen LogP contribution in [0.25, 0.3) is 0 Å². The number of halogens is 2. The van der Waals surface area contributed by atoms with E-state index in [9.17, 15) is 19.1 Å². The Morgan fingerprint density at radius 2 is 1.77 bits per heavy atom. The quantitative estimate of drug-likeness (QED) is 0.807. The number of hydrogen-bond acceptors (Lipinski definition) is 3. The van der Waals surface area contributed by atoms with Crippen molar-refractivity contribution in [2.24, 2.45) is 0 Å². The van der Waals surface area contributed by atoms with Gasteiger partial charge in [0, 0.05) is 6.54 Å². The molecule has 0 atom stereocenters. The van der Waals surface area contributed by atoms with Crippen molar-refractivity contribution in [1.29, 1.82) is 0 Å². The van der Waals surface area contributed by atoms with E-state index in [1.807, 2.05) is 0 Å². The monoisotopic (exact) mass is 323 g/mol. The highest BCUT2D eigenvalue weighted by Gasteiger charge is 2.18. The molecule has 2 aromatic rings. The number of nitrogens with one attached hydrogen (secondary N) is 1. The highest BCUT2D eigenvalue weighted by molar-refractivity contribution is 6.31. The molecule has 2 aromatic carbocycles. The van der Waals surface area contributed by atoms with Gasteiger partial charge in [-0.2, -0.15) is 0 Å². The Balaban J connectivity index is 2.18. The first-order chi connectivity index (χ1) is 10.4. The molecule has 0 fully saturated rings. The maximum absolute atomic E-state index is 13.3. The summed E-state index contributed by atoms with van der Waals surface area (Å²) in [6.45, 7) is -0.0633. The molecule has 2 rings (SSSR count). The molecule has 7 heteroatoms. The minimum absolute atomic E-state index is 0.0633. The van der Waals surface area contributed by atoms with Crippen molar-refractivity contribution in [2.75, 3.05) is 0 Å². The molecule has 1 amide bonds. The third kappa shape index (κ3) is 3.17. The number of carbonyl (C=O) groups is 2. The number of para-hydroxylation sites is 1. The maximum Gasteiger partial charge on any atom is 0.339 e. The summed E-state index contributed by atoms with van der Waals surface area (Å²) in [5, 5.41) is 21.0. The summed E-state index contributed by atoms with van der Waals surface area (Å²) in [5.41, 5.74) is -0.201. The zero-order valence-electron chi connectivity index (χ0n) is 11.1. The van der Waals surface area contributed by atoms with Crippen LogP contribution in [0.3, 0.4) is 0 Å². The van der Waals surface area contributed by atoms with Gasteiger partial charge in [0.1, 0.15) is 17.1 Å². The first kappa shape index (κ1) is 15.8. The van der Waals surface area contributed by atoms with Gasteiger partial charge in [-0.15, -0.1) is 0 Å². The molecule has 5 nitrogen and oxygen atoms in total. The van der Waals surface area contributed by atoms with Crippen LogP contribution in [-0.2, 0) is 6.54 Å². The van der Waals surface area contributed by atoms with Crippen LogP contribution in [0.5, 0.6) is 5.75 Å². The van der Waals surface area contributed by atoms with Crippen LogP contribution in [0.2, 0.25) is 5.02 Å². The molecule has 114 valence electrons. The molecule has 0 aliphatic rings. The van der Waals surface area contributed by atoms with Crippen LogP contribution in [0.15, 0.2) is 36.4 Å². The molecule has 0 saturated heterocycles. The topological polar surface area (TPSA) is 86.6 Å². The van der Waals surface area contributed by atoms with Crippen LogP contribution >= 0.6 is 11.6 Å². The predicted molar refractivity (Wildman–Crippen MR) is 77.6 cm³/mol. The number of benzene rings is 2. The average molecular weight is 324 g/mol. The Hall–Kier alpha value is -2.60. The van der Waals surface area contributed by atoms with E-state index < -0.39 is 23.4 Å². The number of phenols is 1. The fourth-order valence-corrected chi connectivity index (χ4v) is 2.05. The Morgan fingerprint density at radius 1 is 1.14 bits per heavy atom. The van der Waals surface area contributed by atoms with Crippen molar-refractivity contribution in [3.05, 3.63) is 63.9 Å². The van der Waals surface area contributed by atoms with Crippen molar-refractivity contribution < 1.29 is 24.2 Å². The minimum Gasteiger partial charge on any atom is -0.506 e. The third-order valence-corrected chi connectivity index (χ3v) is 3.41. The van der Waals surface area contributed by atoms with Gasteiger partial charge < -0.3 is 15.5 Å². The lowest BCUT2D eigenvalue weighted by atomic mass is 10.1. The number of amides is 1. The number of carbonyl (C=O) groups excluding carboxylic acids is 1. The van der Waals surface area contributed by atoms with E-state index in [1.54, 1.807) is 6.07 Å². The Bertz CT molecular complexity index is 748. The standard InChI is InChI=1S/C15H11ClFNO4/c16-12-8(3-1-6-11(12)17)7-18-14(20)9-4-2-5-10(13(9)19)15(21)22/h1-6,19H,7H2,(H,18,20)(H,21,22). The second-order valence-electron chi connectivity index (χ2n) is 4.40. The molecular weight excluding hydrogens is 313 g/mol. The lowest BCUT2D eigenvalue weighted by Crippen LogP contribution is -2.23. The van der Waals surface area contributed by atoms with E-state index in [1.165, 1.54) is 30.3 Å². The highest BCUT2D eigenvalue weighted by atomic mass is 35.5. The summed E-state index contributed by atoms with van der Waals surface area (Å²) < 4.78 is 13.3. The number of aromatic carboxylic acids is 1. The zero-order chi connectivity index (χ0) is 16.3. The fourth-order valence-electron chi connectivity index (χ4n) is 1.86. The summed E-state index contributed by atoms with van der Waals surface area (Å²) in [5.74, 6) is -3.27. The summed E-state index contributed by atoms with van der Waals surface area (Å²) in [6, 6.07) is 7.98. The fraction of sp³-hybridized carbons (Fsp3) is 0.0667. The SMILES string of the molecule is O=C(O)c1cccc(C(=O)NCc2cccc(F)c2Cl)c1O. The summed E-state index contributed by atoms with van der Waals surface area (Å²) in [6.07, 6.45) is 0. The van der Waals surface area contributed by atoms with Gasteiger partial charge in [-0.1, -0.05) is 29.8 Å². The van der Waals surface area contributed by atoms with Gasteiger partial charge in [-0.3, -0.25) is 4.79 Å². The summed E-state index contributed by atoms with van der Waals surface area (Å²) in [7, 11) is 0. The van der Waals surface area contributed by atoms with E-state index in [0.29, 0.717) is 5.56 Å². The molecule has 0 unspecified atom stereocenters. The number of aromatic hydroxyl groups is 1. The molecule has 0 radical (unpaired) electrons. The van der Waals surface area contributed by atoms with Crippen LogP contribution in [0.1, 0.15) is 26.3 Å². The van der Waals surface area contributed by atoms with Gasteiger partial charge in [0.05, 0.1) is 10.6 Å². The Kier molecular flexibility index (Phi) is 4.62. The molecule has 0 heterocycles. The zero-order valence-corrected chi connectivity index (χ0v) is 11.9. The molecule has 0 spiro atoms. The number of hydrogen-bond donors (Lipinski definition) is 3. The lowest BCUT2D eigenvalue weighted by Gasteiger charge is -2.09. The van der Waals surface area contributed by atoms with E-state index in [2.05, 4.69) is 5.32 Å². The molecular formula is C15H11ClFNO4. The van der Waals surface area contributed by atoms with E-state index in [-0.39, 0.29) is 22.7 Å². The van der Waals surface area contributed by atoms with Gasteiger partial charge >= 0.3 is 5.97 Å². The first-order valence-corrected chi connectivity index (χ1v) is 6.56. The van der Waals surface area contributed by atoms with Crippen molar-refractivity contribution >= 4 is 23.5 Å². The van der Waals surface area contributed by atoms with Gasteiger partial charge in [0.2, 0.25) is 0 Å². The van der Waals surface area contributed by atoms with Crippen LogP contribution < -0.4 is 5.32 Å². The van der Waals surface area contributed by atoms with Crippen LogP contribution in [0.4, 0.5) is 4.39 Å². The summed E-state index contributed by atoms with van der Waals surface area (Å²) >= 11 is 5.77. The van der Waals surface area contributed by atoms with Gasteiger partial charge in [-0.05, 0) is 23.8 Å². The lowest BCUT2D eigenvalue weighted by molar-refractivity contribution is 0.0693. The number of carboxylic acid groups (broad SMARTS) is 1. The molecule has 3 N–H and O–H groups in total. The van der Waals surface area contributed by atoms with Crippen molar-refractivity contribution in [3.8, 4) is 5.75 Å². The molecule has 0 aromatic heterocycles. The van der Waals surface area contributed by atoms with Gasteiger partial charge in [0.25, 0.3) is 5.91 Å². The molecule has 0 bridgehead atoms. The van der Waals surface area contributed by atoms with E-state index >= 15 is 0 Å². The molecule has 0 saturated carbocycles. The van der Waals surface area contributed by atoms with E-state index in [4.69, 9.17) is 16.7 Å². The second kappa shape index (κ2) is 6.44. The molecule has 0 aliphatic heterocycles. The van der Waals surface area contributed by atoms with Gasteiger partial charge in [0.15, 0.2) is 0 Å². The Labute approximate surface area is 130 Å². The Morgan fingerprint density at radius 3 is 2.45 bits per heavy atom. The normalized spacial score (nSPS) is 10.3.